The van der Waals surface area contributed by atoms with E-state index in [0.717, 1.165) is 5.69 Å². The summed E-state index contributed by atoms with van der Waals surface area (Å²) in [5, 5.41) is 10.1. The van der Waals surface area contributed by atoms with Crippen molar-refractivity contribution in [1.29, 1.82) is 0 Å². The second kappa shape index (κ2) is 5.79. The van der Waals surface area contributed by atoms with Crippen LogP contribution in [0.25, 0.3) is 10.9 Å². The van der Waals surface area contributed by atoms with Crippen LogP contribution in [-0.2, 0) is 6.54 Å². The number of fused-ring (bicyclic) bond motifs is 1. The maximum absolute atomic E-state index is 12.8. The van der Waals surface area contributed by atoms with Crippen LogP contribution in [-0.4, -0.2) is 24.6 Å². The molecule has 0 saturated heterocycles. The average molecular weight is 310 g/mol. The van der Waals surface area contributed by atoms with E-state index in [2.05, 4.69) is 15.0 Å². The summed E-state index contributed by atoms with van der Waals surface area (Å²) in [4.78, 5) is 25.9. The highest BCUT2D eigenvalue weighted by atomic mass is 16.3. The number of nitrogens with zero attached hydrogens (tertiary/aromatic N) is 4. The molecule has 2 heterocycles. The highest BCUT2D eigenvalue weighted by molar-refractivity contribution is 5.79. The first-order valence-electron chi connectivity index (χ1n) is 7.46. The van der Waals surface area contributed by atoms with Gasteiger partial charge in [0.25, 0.3) is 5.56 Å². The van der Waals surface area contributed by atoms with Gasteiger partial charge in [-0.3, -0.25) is 19.3 Å². The molecule has 0 fully saturated rings. The molecule has 0 atom stereocenters. The van der Waals surface area contributed by atoms with Crippen LogP contribution in [0, 0.1) is 6.92 Å². The topological polar surface area (TPSA) is 80.9 Å². The molecular formula is C17H18N4O2. The van der Waals surface area contributed by atoms with Crippen LogP contribution in [0.2, 0.25) is 0 Å². The molecule has 0 bridgehead atoms. The molecular weight excluding hydrogens is 292 g/mol. The Morgan fingerprint density at radius 2 is 2.00 bits per heavy atom. The third-order valence-corrected chi connectivity index (χ3v) is 3.64. The molecule has 0 amide bonds. The molecule has 0 saturated carbocycles. The first kappa shape index (κ1) is 15.1. The third-order valence-electron chi connectivity index (χ3n) is 3.64. The summed E-state index contributed by atoms with van der Waals surface area (Å²) in [5.41, 5.74) is 1.91. The molecule has 3 rings (SSSR count). The fourth-order valence-electron chi connectivity index (χ4n) is 2.48. The summed E-state index contributed by atoms with van der Waals surface area (Å²) in [5.74, 6) is 0.824. The van der Waals surface area contributed by atoms with E-state index in [0.29, 0.717) is 29.0 Å². The van der Waals surface area contributed by atoms with E-state index in [4.69, 9.17) is 0 Å². The van der Waals surface area contributed by atoms with Crippen molar-refractivity contribution in [1.82, 2.24) is 19.5 Å². The monoisotopic (exact) mass is 310 g/mol. The number of benzene rings is 1. The van der Waals surface area contributed by atoms with Crippen LogP contribution < -0.4 is 5.56 Å². The van der Waals surface area contributed by atoms with Gasteiger partial charge in [-0.05, 0) is 19.1 Å². The Labute approximate surface area is 133 Å². The van der Waals surface area contributed by atoms with Crippen LogP contribution in [0.5, 0.6) is 5.75 Å². The summed E-state index contributed by atoms with van der Waals surface area (Å²) < 4.78 is 1.63. The van der Waals surface area contributed by atoms with Gasteiger partial charge in [0.15, 0.2) is 0 Å². The number of hydrogen-bond acceptors (Lipinski definition) is 5. The Morgan fingerprint density at radius 1 is 1.22 bits per heavy atom. The van der Waals surface area contributed by atoms with E-state index >= 15 is 0 Å². The minimum atomic E-state index is -0.138. The Kier molecular flexibility index (Phi) is 3.82. The molecule has 6 nitrogen and oxygen atoms in total. The van der Waals surface area contributed by atoms with Crippen LogP contribution in [0.1, 0.15) is 37.0 Å². The Hall–Kier alpha value is -2.76. The summed E-state index contributed by atoms with van der Waals surface area (Å²) >= 11 is 0. The highest BCUT2D eigenvalue weighted by Crippen LogP contribution is 2.19. The lowest BCUT2D eigenvalue weighted by molar-refractivity contribution is 0.476. The summed E-state index contributed by atoms with van der Waals surface area (Å²) in [7, 11) is 0. The van der Waals surface area contributed by atoms with E-state index in [1.807, 2.05) is 20.8 Å². The predicted molar refractivity (Wildman–Crippen MR) is 87.6 cm³/mol. The minimum absolute atomic E-state index is 0.0628. The van der Waals surface area contributed by atoms with Gasteiger partial charge in [-0.2, -0.15) is 0 Å². The molecule has 23 heavy (non-hydrogen) atoms. The molecule has 0 aliphatic carbocycles. The number of rotatable bonds is 3. The molecule has 0 aliphatic rings. The fourth-order valence-corrected chi connectivity index (χ4v) is 2.48. The van der Waals surface area contributed by atoms with Gasteiger partial charge in [-0.25, -0.2) is 4.98 Å². The lowest BCUT2D eigenvalue weighted by Gasteiger charge is -2.15. The fraction of sp³-hybridized carbons (Fsp3) is 0.294. The molecule has 2 aromatic heterocycles. The van der Waals surface area contributed by atoms with Crippen LogP contribution >= 0.6 is 0 Å². The second-order valence-electron chi connectivity index (χ2n) is 5.87. The van der Waals surface area contributed by atoms with Crippen molar-refractivity contribution in [3.8, 4) is 5.75 Å². The van der Waals surface area contributed by atoms with Gasteiger partial charge < -0.3 is 5.11 Å². The zero-order valence-corrected chi connectivity index (χ0v) is 13.3. The van der Waals surface area contributed by atoms with E-state index in [9.17, 15) is 9.90 Å². The molecule has 6 heteroatoms. The number of hydrogen-bond donors (Lipinski definition) is 1. The van der Waals surface area contributed by atoms with Crippen LogP contribution in [0.4, 0.5) is 0 Å². The van der Waals surface area contributed by atoms with Crippen molar-refractivity contribution in [2.45, 2.75) is 33.2 Å². The van der Waals surface area contributed by atoms with Gasteiger partial charge in [-0.15, -0.1) is 0 Å². The molecule has 3 aromatic rings. The normalized spacial score (nSPS) is 11.3. The summed E-state index contributed by atoms with van der Waals surface area (Å²) in [6, 6.07) is 4.61. The quantitative estimate of drug-likeness (QED) is 0.803. The van der Waals surface area contributed by atoms with Crippen molar-refractivity contribution in [3.05, 3.63) is 58.2 Å². The maximum atomic E-state index is 12.8. The Bertz CT molecular complexity index is 914. The van der Waals surface area contributed by atoms with Gasteiger partial charge in [0, 0.05) is 18.2 Å². The number of aryl methyl sites for hydroxylation is 1. The maximum Gasteiger partial charge on any atom is 0.261 e. The van der Waals surface area contributed by atoms with Crippen molar-refractivity contribution < 1.29 is 5.11 Å². The Balaban J connectivity index is 2.19. The van der Waals surface area contributed by atoms with E-state index < -0.39 is 0 Å². The van der Waals surface area contributed by atoms with Gasteiger partial charge in [0.05, 0.1) is 35.0 Å². The van der Waals surface area contributed by atoms with E-state index in [-0.39, 0.29) is 17.2 Å². The molecule has 1 N–H and O–H groups in total. The Morgan fingerprint density at radius 3 is 2.65 bits per heavy atom. The van der Waals surface area contributed by atoms with E-state index in [1.165, 1.54) is 12.1 Å². The molecule has 118 valence electrons. The lowest BCUT2D eigenvalue weighted by atomic mass is 10.1. The highest BCUT2D eigenvalue weighted by Gasteiger charge is 2.15. The third kappa shape index (κ3) is 2.92. The van der Waals surface area contributed by atoms with Crippen molar-refractivity contribution in [2.24, 2.45) is 0 Å². The molecule has 0 aliphatic heterocycles. The zero-order chi connectivity index (χ0) is 16.6. The number of aromatic nitrogens is 4. The predicted octanol–water partition coefficient (Wildman–Crippen LogP) is 2.37. The summed E-state index contributed by atoms with van der Waals surface area (Å²) in [6.45, 7) is 6.15. The van der Waals surface area contributed by atoms with E-state index in [1.54, 1.807) is 23.0 Å². The molecule has 1 aromatic carbocycles. The average Bonchev–Trinajstić information content (AvgIpc) is 2.51. The number of aromatic hydroxyl groups is 1. The van der Waals surface area contributed by atoms with Gasteiger partial charge >= 0.3 is 0 Å². The largest absolute Gasteiger partial charge is 0.508 e. The van der Waals surface area contributed by atoms with Crippen LogP contribution in [0.3, 0.4) is 0 Å². The molecule has 0 radical (unpaired) electrons. The standard InChI is InChI=1S/C17H18N4O2/c1-10(2)16-20-15-6-13(22)4-5-14(15)17(23)21(16)9-12-8-18-11(3)7-19-12/h4-8,10,22H,9H2,1-3H3. The second-order valence-corrected chi connectivity index (χ2v) is 5.87. The lowest BCUT2D eigenvalue weighted by Crippen LogP contribution is -2.27. The molecule has 0 spiro atoms. The zero-order valence-electron chi connectivity index (χ0n) is 13.3. The van der Waals surface area contributed by atoms with Crippen molar-refractivity contribution in [3.63, 3.8) is 0 Å². The van der Waals surface area contributed by atoms with Gasteiger partial charge in [0.1, 0.15) is 11.6 Å². The van der Waals surface area contributed by atoms with Crippen molar-refractivity contribution in [2.75, 3.05) is 0 Å². The number of phenols is 1. The van der Waals surface area contributed by atoms with Gasteiger partial charge in [0.2, 0.25) is 0 Å². The number of phenolic OH excluding ortho intramolecular Hbond substituents is 1. The molecule has 0 unspecified atom stereocenters. The SMILES string of the molecule is Cc1cnc(Cn2c(C(C)C)nc3cc(O)ccc3c2=O)cn1. The van der Waals surface area contributed by atoms with Gasteiger partial charge in [-0.1, -0.05) is 13.8 Å². The van der Waals surface area contributed by atoms with Crippen molar-refractivity contribution >= 4 is 10.9 Å². The minimum Gasteiger partial charge on any atom is -0.508 e. The first-order valence-corrected chi connectivity index (χ1v) is 7.46. The first-order chi connectivity index (χ1) is 11.0. The summed E-state index contributed by atoms with van der Waals surface area (Å²) in [6.07, 6.45) is 3.36. The van der Waals surface area contributed by atoms with Crippen LogP contribution in [0.15, 0.2) is 35.4 Å². The smallest absolute Gasteiger partial charge is 0.261 e.